The average molecular weight is 260 g/mol. The van der Waals surface area contributed by atoms with Crippen molar-refractivity contribution >= 4 is 34.8 Å². The Balaban J connectivity index is 2.61. The second-order valence-corrected chi connectivity index (χ2v) is 4.63. The lowest BCUT2D eigenvalue weighted by molar-refractivity contribution is -0.122. The molecule has 1 unspecified atom stereocenters. The predicted molar refractivity (Wildman–Crippen MR) is 64.5 cm³/mol. The second-order valence-electron chi connectivity index (χ2n) is 3.82. The summed E-state index contributed by atoms with van der Waals surface area (Å²) in [5.41, 5.74) is 0.545. The number of ether oxygens (including phenoxy) is 1. The molecule has 0 fully saturated rings. The molecule has 1 aliphatic rings. The van der Waals surface area contributed by atoms with Crippen molar-refractivity contribution in [2.45, 2.75) is 6.92 Å². The van der Waals surface area contributed by atoms with Crippen molar-refractivity contribution in [3.63, 3.8) is 0 Å². The van der Waals surface area contributed by atoms with Crippen LogP contribution in [0.25, 0.3) is 0 Å². The molecule has 86 valence electrons. The summed E-state index contributed by atoms with van der Waals surface area (Å²) in [6.07, 6.45) is 0. The fraction of sp³-hybridized carbons (Fsp3) is 0.364. The minimum Gasteiger partial charge on any atom is -0.489 e. The van der Waals surface area contributed by atoms with Crippen molar-refractivity contribution in [2.24, 2.45) is 5.92 Å². The van der Waals surface area contributed by atoms with Gasteiger partial charge in [-0.15, -0.1) is 0 Å². The van der Waals surface area contributed by atoms with Crippen molar-refractivity contribution in [2.75, 3.05) is 18.6 Å². The number of hydrogen-bond donors (Lipinski definition) is 0. The zero-order valence-electron chi connectivity index (χ0n) is 8.96. The number of benzene rings is 1. The van der Waals surface area contributed by atoms with E-state index in [1.807, 2.05) is 6.92 Å². The van der Waals surface area contributed by atoms with Gasteiger partial charge in [0.1, 0.15) is 5.69 Å². The minimum absolute atomic E-state index is 0.0251. The quantitative estimate of drug-likeness (QED) is 0.717. The van der Waals surface area contributed by atoms with Gasteiger partial charge in [0.15, 0.2) is 5.75 Å². The second kappa shape index (κ2) is 4.15. The molecule has 1 atom stereocenters. The molecule has 5 heteroatoms. The summed E-state index contributed by atoms with van der Waals surface area (Å²) in [5, 5.41) is 0.928. The largest absolute Gasteiger partial charge is 0.489 e. The highest BCUT2D eigenvalue weighted by Gasteiger charge is 2.29. The third-order valence-electron chi connectivity index (χ3n) is 2.60. The summed E-state index contributed by atoms with van der Waals surface area (Å²) in [6.45, 7) is 2.13. The van der Waals surface area contributed by atoms with Crippen LogP contribution in [0.15, 0.2) is 12.1 Å². The van der Waals surface area contributed by atoms with E-state index < -0.39 is 0 Å². The fourth-order valence-electron chi connectivity index (χ4n) is 1.69. The van der Waals surface area contributed by atoms with Crippen LogP contribution in [0.1, 0.15) is 6.92 Å². The third kappa shape index (κ3) is 1.74. The molecule has 1 heterocycles. The number of carbonyl (C=O) groups excluding carboxylic acids is 1. The maximum Gasteiger partial charge on any atom is 0.233 e. The first-order valence-electron chi connectivity index (χ1n) is 4.90. The van der Waals surface area contributed by atoms with Gasteiger partial charge in [-0.2, -0.15) is 0 Å². The first-order valence-corrected chi connectivity index (χ1v) is 5.66. The average Bonchev–Trinajstić information content (AvgIpc) is 2.37. The van der Waals surface area contributed by atoms with Gasteiger partial charge in [0.25, 0.3) is 0 Å². The van der Waals surface area contributed by atoms with E-state index in [1.54, 1.807) is 19.2 Å². The molecular formula is C11H11Cl2NO2. The summed E-state index contributed by atoms with van der Waals surface area (Å²) in [5.74, 6) is 0.252. The Hall–Kier alpha value is -0.930. The van der Waals surface area contributed by atoms with Crippen molar-refractivity contribution in [1.29, 1.82) is 0 Å². The number of hydrogen-bond acceptors (Lipinski definition) is 2. The molecule has 1 aromatic rings. The molecule has 1 amide bonds. The van der Waals surface area contributed by atoms with Crippen LogP contribution < -0.4 is 9.64 Å². The van der Waals surface area contributed by atoms with E-state index in [-0.39, 0.29) is 11.8 Å². The van der Waals surface area contributed by atoms with Crippen LogP contribution >= 0.6 is 23.2 Å². The number of carbonyl (C=O) groups is 1. The van der Waals surface area contributed by atoms with Gasteiger partial charge >= 0.3 is 0 Å². The summed E-state index contributed by atoms with van der Waals surface area (Å²) >= 11 is 12.1. The molecule has 0 saturated heterocycles. The van der Waals surface area contributed by atoms with Gasteiger partial charge in [0.2, 0.25) is 5.91 Å². The van der Waals surface area contributed by atoms with Gasteiger partial charge in [-0.05, 0) is 12.1 Å². The van der Waals surface area contributed by atoms with E-state index in [2.05, 4.69) is 0 Å². The Labute approximate surface area is 104 Å². The Morgan fingerprint density at radius 2 is 2.00 bits per heavy atom. The molecule has 16 heavy (non-hydrogen) atoms. The van der Waals surface area contributed by atoms with E-state index in [1.165, 1.54) is 4.90 Å². The molecule has 3 nitrogen and oxygen atoms in total. The number of halogens is 2. The van der Waals surface area contributed by atoms with Gasteiger partial charge in [0.05, 0.1) is 22.6 Å². The van der Waals surface area contributed by atoms with Gasteiger partial charge in [-0.3, -0.25) is 4.79 Å². The van der Waals surface area contributed by atoms with Crippen LogP contribution in [0.5, 0.6) is 5.75 Å². The smallest absolute Gasteiger partial charge is 0.233 e. The Morgan fingerprint density at radius 3 is 2.69 bits per heavy atom. The van der Waals surface area contributed by atoms with Crippen molar-refractivity contribution in [1.82, 2.24) is 0 Å². The molecule has 0 spiro atoms. The van der Waals surface area contributed by atoms with Crippen LogP contribution in [0.4, 0.5) is 5.69 Å². The summed E-state index contributed by atoms with van der Waals surface area (Å²) in [7, 11) is 1.68. The molecule has 0 radical (unpaired) electrons. The molecular weight excluding hydrogens is 249 g/mol. The first kappa shape index (κ1) is 11.6. The number of rotatable bonds is 0. The SMILES string of the molecule is CC1COc2c(Cl)ccc(Cl)c2N(C)C1=O. The minimum atomic E-state index is -0.204. The summed E-state index contributed by atoms with van der Waals surface area (Å²) in [4.78, 5) is 13.4. The van der Waals surface area contributed by atoms with Gasteiger partial charge in [-0.1, -0.05) is 30.1 Å². The first-order chi connectivity index (χ1) is 7.52. The number of amides is 1. The lowest BCUT2D eigenvalue weighted by Crippen LogP contribution is -2.31. The van der Waals surface area contributed by atoms with Crippen LogP contribution in [0, 0.1) is 5.92 Å². The Bertz CT molecular complexity index is 448. The summed E-state index contributed by atoms with van der Waals surface area (Å²) in [6, 6.07) is 3.32. The lowest BCUT2D eigenvalue weighted by Gasteiger charge is -2.19. The molecule has 2 rings (SSSR count). The topological polar surface area (TPSA) is 29.5 Å². The molecule has 0 N–H and O–H groups in total. The molecule has 0 saturated carbocycles. The van der Waals surface area contributed by atoms with Crippen LogP contribution in [-0.2, 0) is 4.79 Å². The zero-order valence-corrected chi connectivity index (χ0v) is 10.5. The van der Waals surface area contributed by atoms with E-state index in [0.29, 0.717) is 28.1 Å². The van der Waals surface area contributed by atoms with Crippen molar-refractivity contribution in [3.8, 4) is 5.75 Å². The molecule has 1 aliphatic heterocycles. The highest BCUT2D eigenvalue weighted by atomic mass is 35.5. The van der Waals surface area contributed by atoms with Crippen LogP contribution in [0.3, 0.4) is 0 Å². The van der Waals surface area contributed by atoms with Crippen LogP contribution in [-0.4, -0.2) is 19.6 Å². The Morgan fingerprint density at radius 1 is 1.38 bits per heavy atom. The highest BCUT2D eigenvalue weighted by molar-refractivity contribution is 6.37. The maximum absolute atomic E-state index is 11.9. The predicted octanol–water partition coefficient (Wildman–Crippen LogP) is 2.98. The molecule has 1 aromatic carbocycles. The van der Waals surface area contributed by atoms with Crippen molar-refractivity contribution < 1.29 is 9.53 Å². The normalized spacial score (nSPS) is 20.1. The van der Waals surface area contributed by atoms with Crippen molar-refractivity contribution in [3.05, 3.63) is 22.2 Å². The fourth-order valence-corrected chi connectivity index (χ4v) is 2.18. The van der Waals surface area contributed by atoms with Gasteiger partial charge < -0.3 is 9.64 Å². The standard InChI is InChI=1S/C11H11Cl2NO2/c1-6-5-16-10-8(13)4-3-7(12)9(10)14(2)11(6)15/h3-4,6H,5H2,1-2H3. The zero-order chi connectivity index (χ0) is 11.9. The lowest BCUT2D eigenvalue weighted by atomic mass is 10.1. The molecule has 0 bridgehead atoms. The number of fused-ring (bicyclic) bond motifs is 1. The van der Waals surface area contributed by atoms with Gasteiger partial charge in [-0.25, -0.2) is 0 Å². The van der Waals surface area contributed by atoms with Crippen LogP contribution in [0.2, 0.25) is 10.0 Å². The Kier molecular flexibility index (Phi) is 3.00. The molecule has 0 aromatic heterocycles. The maximum atomic E-state index is 11.9. The number of nitrogens with zero attached hydrogens (tertiary/aromatic N) is 1. The highest BCUT2D eigenvalue weighted by Crippen LogP contribution is 2.42. The number of anilines is 1. The van der Waals surface area contributed by atoms with Gasteiger partial charge in [0, 0.05) is 7.05 Å². The monoisotopic (exact) mass is 259 g/mol. The van der Waals surface area contributed by atoms with E-state index >= 15 is 0 Å². The molecule has 0 aliphatic carbocycles. The van der Waals surface area contributed by atoms with E-state index in [4.69, 9.17) is 27.9 Å². The van der Waals surface area contributed by atoms with E-state index in [0.717, 1.165) is 0 Å². The third-order valence-corrected chi connectivity index (χ3v) is 3.20. The summed E-state index contributed by atoms with van der Waals surface area (Å²) < 4.78 is 5.53. The van der Waals surface area contributed by atoms with E-state index in [9.17, 15) is 4.79 Å².